The molecule has 0 spiro atoms. The SMILES string of the molecule is CCOCCC(=O)NC1(C(=O)OC)CCCN(Cc2ccccc2)C1. The highest BCUT2D eigenvalue weighted by Crippen LogP contribution is 2.24. The molecule has 0 bridgehead atoms. The van der Waals surface area contributed by atoms with Crippen LogP contribution in [0.3, 0.4) is 0 Å². The Balaban J connectivity index is 2.04. The van der Waals surface area contributed by atoms with Gasteiger partial charge in [-0.3, -0.25) is 9.69 Å². The third-order valence-electron chi connectivity index (χ3n) is 4.45. The van der Waals surface area contributed by atoms with Gasteiger partial charge in [0, 0.05) is 26.1 Å². The number of carbonyl (C=O) groups is 2. The zero-order chi connectivity index (χ0) is 18.1. The molecule has 1 saturated heterocycles. The van der Waals surface area contributed by atoms with E-state index >= 15 is 0 Å². The number of rotatable bonds is 8. The average Bonchev–Trinajstić information content (AvgIpc) is 2.62. The van der Waals surface area contributed by atoms with Crippen LogP contribution in [-0.4, -0.2) is 55.7 Å². The Morgan fingerprint density at radius 2 is 2.04 bits per heavy atom. The summed E-state index contributed by atoms with van der Waals surface area (Å²) in [5.74, 6) is -0.560. The van der Waals surface area contributed by atoms with E-state index in [0.29, 0.717) is 26.2 Å². The molecule has 0 saturated carbocycles. The van der Waals surface area contributed by atoms with Crippen LogP contribution in [0.5, 0.6) is 0 Å². The fourth-order valence-electron chi connectivity index (χ4n) is 3.27. The van der Waals surface area contributed by atoms with E-state index in [0.717, 1.165) is 19.5 Å². The molecule has 1 aromatic rings. The standard InChI is InChI=1S/C19H28N2O4/c1-3-25-13-10-17(22)20-19(18(23)24-2)11-7-12-21(15-19)14-16-8-5-4-6-9-16/h4-6,8-9H,3,7,10-15H2,1-2H3,(H,20,22). The second-order valence-electron chi connectivity index (χ2n) is 6.37. The summed E-state index contributed by atoms with van der Waals surface area (Å²) in [6, 6.07) is 10.1. The molecule has 1 aliphatic heterocycles. The number of nitrogens with zero attached hydrogens (tertiary/aromatic N) is 1. The third kappa shape index (κ3) is 5.54. The van der Waals surface area contributed by atoms with Gasteiger partial charge in [-0.05, 0) is 31.9 Å². The molecule has 1 heterocycles. The Morgan fingerprint density at radius 1 is 1.28 bits per heavy atom. The number of likely N-dealkylation sites (tertiary alicyclic amines) is 1. The zero-order valence-electron chi connectivity index (χ0n) is 15.1. The summed E-state index contributed by atoms with van der Waals surface area (Å²) in [7, 11) is 1.37. The van der Waals surface area contributed by atoms with Crippen molar-refractivity contribution in [3.05, 3.63) is 35.9 Å². The normalized spacial score (nSPS) is 20.9. The summed E-state index contributed by atoms with van der Waals surface area (Å²) in [5.41, 5.74) is 0.205. The fraction of sp³-hybridized carbons (Fsp3) is 0.579. The first-order valence-electron chi connectivity index (χ1n) is 8.83. The van der Waals surface area contributed by atoms with Crippen molar-refractivity contribution in [1.82, 2.24) is 10.2 Å². The Hall–Kier alpha value is -1.92. The molecular formula is C19H28N2O4. The predicted molar refractivity (Wildman–Crippen MR) is 95.0 cm³/mol. The first kappa shape index (κ1) is 19.4. The quantitative estimate of drug-likeness (QED) is 0.572. The highest BCUT2D eigenvalue weighted by Gasteiger charge is 2.44. The molecule has 1 amide bonds. The van der Waals surface area contributed by atoms with Gasteiger partial charge in [-0.2, -0.15) is 0 Å². The third-order valence-corrected chi connectivity index (χ3v) is 4.45. The van der Waals surface area contributed by atoms with Crippen LogP contribution in [0.15, 0.2) is 30.3 Å². The van der Waals surface area contributed by atoms with Gasteiger partial charge >= 0.3 is 5.97 Å². The van der Waals surface area contributed by atoms with Crippen LogP contribution in [0, 0.1) is 0 Å². The van der Waals surface area contributed by atoms with E-state index in [2.05, 4.69) is 22.3 Å². The molecule has 1 atom stereocenters. The second-order valence-corrected chi connectivity index (χ2v) is 6.37. The molecule has 1 fully saturated rings. The van der Waals surface area contributed by atoms with Crippen molar-refractivity contribution in [1.29, 1.82) is 0 Å². The number of nitrogens with one attached hydrogen (secondary N) is 1. The minimum absolute atomic E-state index is 0.180. The van der Waals surface area contributed by atoms with Crippen LogP contribution < -0.4 is 5.32 Å². The summed E-state index contributed by atoms with van der Waals surface area (Å²) in [6.45, 7) is 4.90. The van der Waals surface area contributed by atoms with Gasteiger partial charge in [0.15, 0.2) is 5.54 Å². The van der Waals surface area contributed by atoms with Gasteiger partial charge in [0.1, 0.15) is 0 Å². The zero-order valence-corrected chi connectivity index (χ0v) is 15.1. The summed E-state index contributed by atoms with van der Waals surface area (Å²) < 4.78 is 10.2. The number of hydrogen-bond donors (Lipinski definition) is 1. The van der Waals surface area contributed by atoms with Gasteiger partial charge in [-0.1, -0.05) is 30.3 Å². The van der Waals surface area contributed by atoms with Crippen LogP contribution in [0.1, 0.15) is 31.7 Å². The number of hydrogen-bond acceptors (Lipinski definition) is 5. The average molecular weight is 348 g/mol. The van der Waals surface area contributed by atoms with Gasteiger partial charge in [0.25, 0.3) is 0 Å². The number of amides is 1. The topological polar surface area (TPSA) is 67.9 Å². The predicted octanol–water partition coefficient (Wildman–Crippen LogP) is 1.74. The lowest BCUT2D eigenvalue weighted by Gasteiger charge is -2.41. The minimum atomic E-state index is -0.981. The molecule has 25 heavy (non-hydrogen) atoms. The second kappa shape index (κ2) is 9.53. The maximum atomic E-state index is 12.5. The lowest BCUT2D eigenvalue weighted by molar-refractivity contribution is -0.154. The summed E-state index contributed by atoms with van der Waals surface area (Å²) in [6.07, 6.45) is 1.66. The van der Waals surface area contributed by atoms with Crippen molar-refractivity contribution in [2.24, 2.45) is 0 Å². The molecule has 1 aliphatic rings. The number of benzene rings is 1. The summed E-state index contributed by atoms with van der Waals surface area (Å²) in [4.78, 5) is 26.9. The largest absolute Gasteiger partial charge is 0.467 e. The number of carbonyl (C=O) groups excluding carboxylic acids is 2. The first-order chi connectivity index (χ1) is 12.1. The van der Waals surface area contributed by atoms with E-state index in [-0.39, 0.29) is 18.3 Å². The van der Waals surface area contributed by atoms with E-state index in [4.69, 9.17) is 9.47 Å². The lowest BCUT2D eigenvalue weighted by atomic mass is 9.88. The van der Waals surface area contributed by atoms with Gasteiger partial charge in [-0.15, -0.1) is 0 Å². The highest BCUT2D eigenvalue weighted by atomic mass is 16.5. The van der Waals surface area contributed by atoms with E-state index in [1.54, 1.807) is 0 Å². The van der Waals surface area contributed by atoms with Crippen molar-refractivity contribution in [2.75, 3.05) is 33.4 Å². The number of esters is 1. The van der Waals surface area contributed by atoms with Crippen molar-refractivity contribution >= 4 is 11.9 Å². The van der Waals surface area contributed by atoms with Gasteiger partial charge in [0.2, 0.25) is 5.91 Å². The van der Waals surface area contributed by atoms with E-state index < -0.39 is 5.54 Å². The van der Waals surface area contributed by atoms with E-state index in [9.17, 15) is 9.59 Å². The molecule has 6 nitrogen and oxygen atoms in total. The Morgan fingerprint density at radius 3 is 2.72 bits per heavy atom. The van der Waals surface area contributed by atoms with Crippen molar-refractivity contribution in [3.8, 4) is 0 Å². The molecule has 1 aromatic carbocycles. The first-order valence-corrected chi connectivity index (χ1v) is 8.83. The molecule has 2 rings (SSSR count). The smallest absolute Gasteiger partial charge is 0.332 e. The Kier molecular flexibility index (Phi) is 7.40. The summed E-state index contributed by atoms with van der Waals surface area (Å²) >= 11 is 0. The lowest BCUT2D eigenvalue weighted by Crippen LogP contribution is -2.63. The van der Waals surface area contributed by atoms with E-state index in [1.165, 1.54) is 12.7 Å². The molecule has 138 valence electrons. The van der Waals surface area contributed by atoms with Crippen molar-refractivity contribution in [2.45, 2.75) is 38.3 Å². The molecule has 6 heteroatoms. The number of ether oxygens (including phenoxy) is 2. The highest BCUT2D eigenvalue weighted by molar-refractivity contribution is 5.88. The molecule has 1 unspecified atom stereocenters. The monoisotopic (exact) mass is 348 g/mol. The Bertz CT molecular complexity index is 564. The molecule has 1 N–H and O–H groups in total. The van der Waals surface area contributed by atoms with Crippen LogP contribution in [0.4, 0.5) is 0 Å². The minimum Gasteiger partial charge on any atom is -0.467 e. The maximum absolute atomic E-state index is 12.5. The van der Waals surface area contributed by atoms with Crippen molar-refractivity contribution in [3.63, 3.8) is 0 Å². The van der Waals surface area contributed by atoms with Gasteiger partial charge in [0.05, 0.1) is 13.7 Å². The van der Waals surface area contributed by atoms with Crippen molar-refractivity contribution < 1.29 is 19.1 Å². The van der Waals surface area contributed by atoms with Crippen LogP contribution in [0.2, 0.25) is 0 Å². The van der Waals surface area contributed by atoms with Crippen LogP contribution >= 0.6 is 0 Å². The number of piperidine rings is 1. The molecule has 0 aromatic heterocycles. The van der Waals surface area contributed by atoms with Gasteiger partial charge < -0.3 is 14.8 Å². The Labute approximate surface area is 149 Å². The summed E-state index contributed by atoms with van der Waals surface area (Å²) in [5, 5.41) is 2.92. The van der Waals surface area contributed by atoms with Gasteiger partial charge in [-0.25, -0.2) is 4.79 Å². The molecule has 0 aliphatic carbocycles. The van der Waals surface area contributed by atoms with E-state index in [1.807, 2.05) is 25.1 Å². The molecular weight excluding hydrogens is 320 g/mol. The van der Waals surface area contributed by atoms with Crippen LogP contribution in [0.25, 0.3) is 0 Å². The number of methoxy groups -OCH3 is 1. The van der Waals surface area contributed by atoms with Crippen LogP contribution in [-0.2, 0) is 25.6 Å². The molecule has 0 radical (unpaired) electrons. The fourth-order valence-corrected chi connectivity index (χ4v) is 3.27. The maximum Gasteiger partial charge on any atom is 0.332 e.